The summed E-state index contributed by atoms with van der Waals surface area (Å²) >= 11 is 12.6. The lowest BCUT2D eigenvalue weighted by Gasteiger charge is -2.49. The molecule has 2 heterocycles. The van der Waals surface area contributed by atoms with Crippen molar-refractivity contribution in [1.82, 2.24) is 19.9 Å². The third kappa shape index (κ3) is 3.45. The van der Waals surface area contributed by atoms with Crippen LogP contribution in [-0.4, -0.2) is 14.5 Å². The molecule has 1 aliphatic carbocycles. The first-order valence-electron chi connectivity index (χ1n) is 9.60. The van der Waals surface area contributed by atoms with Crippen molar-refractivity contribution < 1.29 is 0 Å². The number of aryl methyl sites for hydroxylation is 1. The molecule has 0 spiro atoms. The Hall–Kier alpha value is -1.88. The van der Waals surface area contributed by atoms with Crippen LogP contribution in [0.15, 0.2) is 55.1 Å². The number of hydrogen-bond acceptors (Lipinski definition) is 3. The summed E-state index contributed by atoms with van der Waals surface area (Å²) < 4.78 is 2.11. The first-order chi connectivity index (χ1) is 13.5. The Morgan fingerprint density at radius 1 is 1.07 bits per heavy atom. The molecule has 0 amide bonds. The maximum atomic E-state index is 6.38. The van der Waals surface area contributed by atoms with E-state index in [0.717, 1.165) is 18.7 Å². The highest BCUT2D eigenvalue weighted by Crippen LogP contribution is 2.53. The summed E-state index contributed by atoms with van der Waals surface area (Å²) in [6, 6.07) is 10.4. The predicted octanol–water partition coefficient (Wildman–Crippen LogP) is 5.64. The van der Waals surface area contributed by atoms with Crippen molar-refractivity contribution in [1.29, 1.82) is 0 Å². The maximum absolute atomic E-state index is 6.38. The Kier molecular flexibility index (Phi) is 5.46. The molecule has 0 aliphatic heterocycles. The molecule has 6 heteroatoms. The van der Waals surface area contributed by atoms with Crippen LogP contribution in [0.4, 0.5) is 0 Å². The molecule has 0 saturated heterocycles. The quantitative estimate of drug-likeness (QED) is 0.567. The Morgan fingerprint density at radius 3 is 2.39 bits per heavy atom. The Balaban J connectivity index is 1.76. The van der Waals surface area contributed by atoms with Crippen LogP contribution in [0.5, 0.6) is 0 Å². The number of benzene rings is 1. The zero-order chi connectivity index (χ0) is 19.7. The van der Waals surface area contributed by atoms with Gasteiger partial charge in [0.15, 0.2) is 0 Å². The van der Waals surface area contributed by atoms with Gasteiger partial charge in [-0.2, -0.15) is 0 Å². The van der Waals surface area contributed by atoms with Crippen molar-refractivity contribution in [3.63, 3.8) is 0 Å². The Bertz CT molecular complexity index is 950. The van der Waals surface area contributed by atoms with Crippen LogP contribution < -0.4 is 5.32 Å². The van der Waals surface area contributed by atoms with Gasteiger partial charge in [-0.1, -0.05) is 35.7 Å². The average Bonchev–Trinajstić information content (AvgIpc) is 3.09. The SMILES string of the molecule is CC(NC(c1nccn1C)C1(c2ccc(Cl)c(Cl)c2)CCC1)c1ccncc1. The van der Waals surface area contributed by atoms with Crippen LogP contribution >= 0.6 is 23.2 Å². The lowest BCUT2D eigenvalue weighted by molar-refractivity contribution is 0.152. The summed E-state index contributed by atoms with van der Waals surface area (Å²) in [6.07, 6.45) is 10.9. The summed E-state index contributed by atoms with van der Waals surface area (Å²) in [5.74, 6) is 1.03. The minimum atomic E-state index is -0.0609. The second kappa shape index (κ2) is 7.86. The molecule has 0 radical (unpaired) electrons. The smallest absolute Gasteiger partial charge is 0.126 e. The zero-order valence-electron chi connectivity index (χ0n) is 16.1. The van der Waals surface area contributed by atoms with Gasteiger partial charge in [0.2, 0.25) is 0 Å². The summed E-state index contributed by atoms with van der Waals surface area (Å²) in [5.41, 5.74) is 2.36. The van der Waals surface area contributed by atoms with E-state index in [1.165, 1.54) is 17.5 Å². The van der Waals surface area contributed by atoms with Crippen LogP contribution in [-0.2, 0) is 12.5 Å². The number of rotatable bonds is 6. The number of halogens is 2. The molecule has 4 rings (SSSR count). The zero-order valence-corrected chi connectivity index (χ0v) is 17.6. The van der Waals surface area contributed by atoms with Gasteiger partial charge in [-0.3, -0.25) is 10.3 Å². The van der Waals surface area contributed by atoms with Gasteiger partial charge in [0, 0.05) is 43.3 Å². The lowest BCUT2D eigenvalue weighted by Crippen LogP contribution is -2.48. The van der Waals surface area contributed by atoms with E-state index in [4.69, 9.17) is 28.2 Å². The van der Waals surface area contributed by atoms with E-state index in [0.29, 0.717) is 10.0 Å². The molecular weight excluding hydrogens is 391 g/mol. The van der Waals surface area contributed by atoms with Gasteiger partial charge >= 0.3 is 0 Å². The van der Waals surface area contributed by atoms with Crippen molar-refractivity contribution in [2.45, 2.75) is 43.7 Å². The minimum absolute atomic E-state index is 0.0571. The Labute approximate surface area is 175 Å². The predicted molar refractivity (Wildman–Crippen MR) is 114 cm³/mol. The van der Waals surface area contributed by atoms with Crippen molar-refractivity contribution in [3.05, 3.63) is 82.1 Å². The highest BCUT2D eigenvalue weighted by molar-refractivity contribution is 6.42. The van der Waals surface area contributed by atoms with Crippen molar-refractivity contribution in [2.75, 3.05) is 0 Å². The Morgan fingerprint density at radius 2 is 1.82 bits per heavy atom. The largest absolute Gasteiger partial charge is 0.337 e. The molecule has 28 heavy (non-hydrogen) atoms. The molecule has 3 aromatic rings. The van der Waals surface area contributed by atoms with Gasteiger partial charge in [0.1, 0.15) is 5.82 Å². The monoisotopic (exact) mass is 414 g/mol. The van der Waals surface area contributed by atoms with E-state index in [-0.39, 0.29) is 17.5 Å². The van der Waals surface area contributed by atoms with Gasteiger partial charge in [0.05, 0.1) is 16.1 Å². The van der Waals surface area contributed by atoms with Crippen LogP contribution in [0.1, 0.15) is 55.2 Å². The second-order valence-electron chi connectivity index (χ2n) is 7.64. The van der Waals surface area contributed by atoms with E-state index in [9.17, 15) is 0 Å². The fraction of sp³-hybridized carbons (Fsp3) is 0.364. The first kappa shape index (κ1) is 19.4. The molecule has 1 aromatic carbocycles. The number of nitrogens with zero attached hydrogens (tertiary/aromatic N) is 3. The number of aromatic nitrogens is 3. The van der Waals surface area contributed by atoms with Gasteiger partial charge in [-0.05, 0) is 55.2 Å². The van der Waals surface area contributed by atoms with E-state index in [1.54, 1.807) is 0 Å². The van der Waals surface area contributed by atoms with Crippen LogP contribution in [0.3, 0.4) is 0 Å². The van der Waals surface area contributed by atoms with E-state index in [1.807, 2.05) is 36.9 Å². The van der Waals surface area contributed by atoms with E-state index < -0.39 is 0 Å². The molecule has 1 N–H and O–H groups in total. The molecule has 146 valence electrons. The second-order valence-corrected chi connectivity index (χ2v) is 8.45. The lowest BCUT2D eigenvalue weighted by atomic mass is 9.59. The van der Waals surface area contributed by atoms with Gasteiger partial charge in [-0.15, -0.1) is 0 Å². The van der Waals surface area contributed by atoms with Crippen molar-refractivity contribution in [2.24, 2.45) is 7.05 Å². The van der Waals surface area contributed by atoms with E-state index >= 15 is 0 Å². The van der Waals surface area contributed by atoms with Crippen molar-refractivity contribution in [3.8, 4) is 0 Å². The summed E-state index contributed by atoms with van der Waals surface area (Å²) in [7, 11) is 2.05. The van der Waals surface area contributed by atoms with Gasteiger partial charge in [-0.25, -0.2) is 4.98 Å². The molecule has 4 nitrogen and oxygen atoms in total. The highest BCUT2D eigenvalue weighted by atomic mass is 35.5. The topological polar surface area (TPSA) is 42.7 Å². The minimum Gasteiger partial charge on any atom is -0.337 e. The molecule has 1 saturated carbocycles. The molecule has 0 bridgehead atoms. The normalized spacial score (nSPS) is 17.7. The van der Waals surface area contributed by atoms with Crippen molar-refractivity contribution >= 4 is 23.2 Å². The maximum Gasteiger partial charge on any atom is 0.126 e. The van der Waals surface area contributed by atoms with E-state index in [2.05, 4.69) is 47.0 Å². The molecule has 2 unspecified atom stereocenters. The average molecular weight is 415 g/mol. The number of pyridine rings is 1. The molecular formula is C22H24Cl2N4. The molecule has 2 atom stereocenters. The number of nitrogens with one attached hydrogen (secondary N) is 1. The van der Waals surface area contributed by atoms with Gasteiger partial charge in [0.25, 0.3) is 0 Å². The molecule has 1 aliphatic rings. The first-order valence-corrected chi connectivity index (χ1v) is 10.4. The van der Waals surface area contributed by atoms with Crippen LogP contribution in [0.25, 0.3) is 0 Å². The molecule has 1 fully saturated rings. The fourth-order valence-electron chi connectivity index (χ4n) is 4.24. The highest BCUT2D eigenvalue weighted by Gasteiger charge is 2.48. The van der Waals surface area contributed by atoms with Gasteiger partial charge < -0.3 is 4.57 Å². The number of hydrogen-bond donors (Lipinski definition) is 1. The third-order valence-electron chi connectivity index (χ3n) is 6.03. The van der Waals surface area contributed by atoms with Crippen LogP contribution in [0, 0.1) is 0 Å². The number of imidazole rings is 1. The molecule has 2 aromatic heterocycles. The fourth-order valence-corrected chi connectivity index (χ4v) is 4.54. The van der Waals surface area contributed by atoms with Crippen LogP contribution in [0.2, 0.25) is 10.0 Å². The standard InChI is InChI=1S/C22H24Cl2N4/c1-15(16-6-10-25-11-7-16)27-20(21-26-12-13-28(21)2)22(8-3-9-22)17-4-5-18(23)19(24)14-17/h4-7,10-15,20,27H,3,8-9H2,1-2H3. The third-order valence-corrected chi connectivity index (χ3v) is 6.77. The summed E-state index contributed by atoms with van der Waals surface area (Å²) in [4.78, 5) is 8.85. The summed E-state index contributed by atoms with van der Waals surface area (Å²) in [5, 5.41) is 5.06. The summed E-state index contributed by atoms with van der Waals surface area (Å²) in [6.45, 7) is 2.19.